The third-order valence-corrected chi connectivity index (χ3v) is 2.84. The average Bonchev–Trinajstić information content (AvgIpc) is 2.88. The third kappa shape index (κ3) is 1.69. The van der Waals surface area contributed by atoms with Crippen molar-refractivity contribution < 1.29 is 13.9 Å². The van der Waals surface area contributed by atoms with Crippen LogP contribution in [0.25, 0.3) is 0 Å². The minimum atomic E-state index is -2.66. The lowest BCUT2D eigenvalue weighted by Gasteiger charge is -2.15. The summed E-state index contributed by atoms with van der Waals surface area (Å²) in [6.07, 6.45) is -1.18. The number of aryl methyl sites for hydroxylation is 1. The molecule has 1 aromatic rings. The molecule has 0 unspecified atom stereocenters. The zero-order valence-corrected chi connectivity index (χ0v) is 8.43. The first-order chi connectivity index (χ1) is 6.94. The van der Waals surface area contributed by atoms with E-state index in [1.54, 1.807) is 13.0 Å². The van der Waals surface area contributed by atoms with Crippen LogP contribution in [0.4, 0.5) is 8.78 Å². The van der Waals surface area contributed by atoms with Gasteiger partial charge in [0, 0.05) is 11.1 Å². The highest BCUT2D eigenvalue weighted by Gasteiger charge is 2.43. The maximum Gasteiger partial charge on any atom is 0.267 e. The standard InChI is InChI=1S/C11H13F2NO/c1-6-4-7(10(12)13)9(15)8(5-6)11(14)2-3-11/h4-5,10,15H,2-3,14H2,1H3. The Balaban J connectivity index is 2.55. The number of benzene rings is 1. The number of hydrogen-bond donors (Lipinski definition) is 2. The van der Waals surface area contributed by atoms with Crippen LogP contribution in [-0.2, 0) is 5.54 Å². The first-order valence-corrected chi connectivity index (χ1v) is 4.85. The van der Waals surface area contributed by atoms with E-state index in [-0.39, 0.29) is 11.3 Å². The smallest absolute Gasteiger partial charge is 0.267 e. The van der Waals surface area contributed by atoms with Crippen LogP contribution in [0, 0.1) is 6.92 Å². The van der Waals surface area contributed by atoms with Crippen molar-refractivity contribution in [3.63, 3.8) is 0 Å². The Morgan fingerprint density at radius 3 is 2.47 bits per heavy atom. The fourth-order valence-electron chi connectivity index (χ4n) is 1.76. The molecule has 1 aliphatic rings. The van der Waals surface area contributed by atoms with Crippen LogP contribution < -0.4 is 5.73 Å². The molecule has 0 heterocycles. The third-order valence-electron chi connectivity index (χ3n) is 2.84. The molecule has 0 aliphatic heterocycles. The van der Waals surface area contributed by atoms with Crippen molar-refractivity contribution in [1.29, 1.82) is 0 Å². The van der Waals surface area contributed by atoms with Crippen molar-refractivity contribution >= 4 is 0 Å². The maximum absolute atomic E-state index is 12.6. The molecule has 2 nitrogen and oxygen atoms in total. The predicted octanol–water partition coefficient (Wildman–Crippen LogP) is 2.59. The lowest BCUT2D eigenvalue weighted by atomic mass is 9.98. The summed E-state index contributed by atoms with van der Waals surface area (Å²) >= 11 is 0. The number of rotatable bonds is 2. The van der Waals surface area contributed by atoms with Gasteiger partial charge in [-0.15, -0.1) is 0 Å². The Morgan fingerprint density at radius 1 is 1.40 bits per heavy atom. The molecule has 82 valence electrons. The van der Waals surface area contributed by atoms with Gasteiger partial charge in [0.15, 0.2) is 0 Å². The lowest BCUT2D eigenvalue weighted by Crippen LogP contribution is -2.19. The Kier molecular flexibility index (Phi) is 2.19. The van der Waals surface area contributed by atoms with E-state index in [9.17, 15) is 13.9 Å². The fraction of sp³-hybridized carbons (Fsp3) is 0.455. The number of halogens is 2. The van der Waals surface area contributed by atoms with Crippen LogP contribution in [0.1, 0.15) is 36.0 Å². The summed E-state index contributed by atoms with van der Waals surface area (Å²) in [4.78, 5) is 0. The van der Waals surface area contributed by atoms with E-state index in [4.69, 9.17) is 5.73 Å². The number of alkyl halides is 2. The summed E-state index contributed by atoms with van der Waals surface area (Å²) < 4.78 is 25.2. The van der Waals surface area contributed by atoms with Crippen molar-refractivity contribution in [3.8, 4) is 5.75 Å². The first-order valence-electron chi connectivity index (χ1n) is 4.85. The summed E-state index contributed by atoms with van der Waals surface area (Å²) in [6.45, 7) is 1.72. The molecule has 4 heteroatoms. The van der Waals surface area contributed by atoms with Gasteiger partial charge in [-0.2, -0.15) is 0 Å². The van der Waals surface area contributed by atoms with Crippen LogP contribution >= 0.6 is 0 Å². The number of hydrogen-bond acceptors (Lipinski definition) is 2. The highest BCUT2D eigenvalue weighted by Crippen LogP contribution is 2.48. The van der Waals surface area contributed by atoms with Gasteiger partial charge in [-0.1, -0.05) is 11.6 Å². The minimum Gasteiger partial charge on any atom is -0.507 e. The van der Waals surface area contributed by atoms with Crippen LogP contribution in [0.5, 0.6) is 5.75 Å². The Morgan fingerprint density at radius 2 is 2.00 bits per heavy atom. The summed E-state index contributed by atoms with van der Waals surface area (Å²) in [5.41, 5.74) is 6.16. The summed E-state index contributed by atoms with van der Waals surface area (Å²) in [5, 5.41) is 9.70. The molecule has 1 aromatic carbocycles. The second-order valence-corrected chi connectivity index (χ2v) is 4.21. The van der Waals surface area contributed by atoms with E-state index in [2.05, 4.69) is 0 Å². The molecule has 1 aliphatic carbocycles. The van der Waals surface area contributed by atoms with Crippen molar-refractivity contribution in [3.05, 3.63) is 28.8 Å². The molecule has 0 saturated heterocycles. The molecule has 0 aromatic heterocycles. The number of phenols is 1. The monoisotopic (exact) mass is 213 g/mol. The Labute approximate surface area is 86.7 Å². The van der Waals surface area contributed by atoms with Gasteiger partial charge in [0.05, 0.1) is 5.56 Å². The molecule has 1 saturated carbocycles. The maximum atomic E-state index is 12.6. The van der Waals surface area contributed by atoms with Gasteiger partial charge in [-0.05, 0) is 25.8 Å². The topological polar surface area (TPSA) is 46.2 Å². The SMILES string of the molecule is Cc1cc(C(F)F)c(O)c(C2(N)CC2)c1. The zero-order chi connectivity index (χ0) is 11.2. The van der Waals surface area contributed by atoms with E-state index in [1.807, 2.05) is 0 Å². The Bertz CT molecular complexity index is 400. The molecule has 3 N–H and O–H groups in total. The van der Waals surface area contributed by atoms with E-state index in [1.165, 1.54) is 6.07 Å². The first kappa shape index (κ1) is 10.4. The number of aromatic hydroxyl groups is 1. The molecule has 0 spiro atoms. The summed E-state index contributed by atoms with van der Waals surface area (Å²) in [7, 11) is 0. The molecular formula is C11H13F2NO. The van der Waals surface area contributed by atoms with Gasteiger partial charge >= 0.3 is 0 Å². The van der Waals surface area contributed by atoms with Gasteiger partial charge in [-0.3, -0.25) is 0 Å². The van der Waals surface area contributed by atoms with Crippen LogP contribution in [0.15, 0.2) is 12.1 Å². The zero-order valence-electron chi connectivity index (χ0n) is 8.43. The summed E-state index contributed by atoms with van der Waals surface area (Å²) in [6, 6.07) is 2.99. The highest BCUT2D eigenvalue weighted by molar-refractivity contribution is 5.49. The molecular weight excluding hydrogens is 200 g/mol. The van der Waals surface area contributed by atoms with Crippen LogP contribution in [-0.4, -0.2) is 5.11 Å². The molecule has 0 radical (unpaired) electrons. The highest BCUT2D eigenvalue weighted by atomic mass is 19.3. The van der Waals surface area contributed by atoms with Gasteiger partial charge in [0.25, 0.3) is 6.43 Å². The predicted molar refractivity (Wildman–Crippen MR) is 52.9 cm³/mol. The average molecular weight is 213 g/mol. The minimum absolute atomic E-state index is 0.318. The van der Waals surface area contributed by atoms with Crippen molar-refractivity contribution in [2.24, 2.45) is 5.73 Å². The van der Waals surface area contributed by atoms with E-state index in [0.29, 0.717) is 11.1 Å². The quantitative estimate of drug-likeness (QED) is 0.793. The number of nitrogens with two attached hydrogens (primary N) is 1. The van der Waals surface area contributed by atoms with Crippen molar-refractivity contribution in [2.75, 3.05) is 0 Å². The van der Waals surface area contributed by atoms with E-state index < -0.39 is 12.0 Å². The molecule has 0 bridgehead atoms. The van der Waals surface area contributed by atoms with Gasteiger partial charge < -0.3 is 10.8 Å². The van der Waals surface area contributed by atoms with Gasteiger partial charge in [0.2, 0.25) is 0 Å². The van der Waals surface area contributed by atoms with Crippen molar-refractivity contribution in [1.82, 2.24) is 0 Å². The van der Waals surface area contributed by atoms with E-state index >= 15 is 0 Å². The normalized spacial score (nSPS) is 18.2. The molecule has 15 heavy (non-hydrogen) atoms. The molecule has 0 atom stereocenters. The molecule has 0 amide bonds. The molecule has 2 rings (SSSR count). The van der Waals surface area contributed by atoms with Gasteiger partial charge in [-0.25, -0.2) is 8.78 Å². The van der Waals surface area contributed by atoms with Crippen LogP contribution in [0.3, 0.4) is 0 Å². The van der Waals surface area contributed by atoms with E-state index in [0.717, 1.165) is 12.8 Å². The van der Waals surface area contributed by atoms with Crippen LogP contribution in [0.2, 0.25) is 0 Å². The largest absolute Gasteiger partial charge is 0.507 e. The fourth-order valence-corrected chi connectivity index (χ4v) is 1.76. The summed E-state index contributed by atoms with van der Waals surface area (Å²) in [5.74, 6) is -0.337. The van der Waals surface area contributed by atoms with Crippen molar-refractivity contribution in [2.45, 2.75) is 31.7 Å². The molecule has 1 fully saturated rings. The second kappa shape index (κ2) is 3.17. The number of phenolic OH excluding ortho intramolecular Hbond substituents is 1. The Hall–Kier alpha value is -1.16. The van der Waals surface area contributed by atoms with Gasteiger partial charge in [0.1, 0.15) is 5.75 Å². The second-order valence-electron chi connectivity index (χ2n) is 4.21. The lowest BCUT2D eigenvalue weighted by molar-refractivity contribution is 0.147.